The topological polar surface area (TPSA) is 109 Å². The van der Waals surface area contributed by atoms with Crippen LogP contribution in [0, 0.1) is 0 Å². The number of rotatable bonds is 6. The molecule has 2 atom stereocenters. The van der Waals surface area contributed by atoms with Crippen LogP contribution >= 0.6 is 0 Å². The summed E-state index contributed by atoms with van der Waals surface area (Å²) in [5.74, 6) is 0.239. The average molecular weight is 460 g/mol. The number of aliphatic hydroxyl groups excluding tert-OH is 1. The Hall–Kier alpha value is -2.14. The number of likely N-dealkylation sites (tertiary alicyclic amines) is 1. The van der Waals surface area contributed by atoms with E-state index in [4.69, 9.17) is 4.74 Å². The van der Waals surface area contributed by atoms with Gasteiger partial charge in [-0.2, -0.15) is 9.82 Å². The lowest BCUT2D eigenvalue weighted by atomic mass is 9.99. The molecular formula is C22H29N5O4S. The third-order valence-electron chi connectivity index (χ3n) is 7.27. The van der Waals surface area contributed by atoms with Crippen LogP contribution in [0.1, 0.15) is 41.5 Å². The molecule has 3 N–H and O–H groups in total. The Morgan fingerprint density at radius 2 is 1.81 bits per heavy atom. The van der Waals surface area contributed by atoms with Crippen LogP contribution in [0.15, 0.2) is 17.2 Å². The van der Waals surface area contributed by atoms with Crippen molar-refractivity contribution in [3.63, 3.8) is 0 Å². The van der Waals surface area contributed by atoms with Crippen molar-refractivity contribution in [2.45, 2.75) is 68.8 Å². The van der Waals surface area contributed by atoms with Crippen LogP contribution in [0.5, 0.6) is 5.88 Å². The molecule has 2 aliphatic heterocycles. The minimum atomic E-state index is -4.02. The summed E-state index contributed by atoms with van der Waals surface area (Å²) < 4.78 is 35.9. The van der Waals surface area contributed by atoms with Gasteiger partial charge in [0.05, 0.1) is 18.8 Å². The van der Waals surface area contributed by atoms with Crippen LogP contribution in [0.3, 0.4) is 0 Å². The zero-order valence-corrected chi connectivity index (χ0v) is 18.8. The lowest BCUT2D eigenvalue weighted by molar-refractivity contribution is 0.0416. The van der Waals surface area contributed by atoms with Crippen LogP contribution in [0.4, 0.5) is 5.69 Å². The molecule has 1 aromatic heterocycles. The summed E-state index contributed by atoms with van der Waals surface area (Å²) in [5, 5.41) is 18.0. The molecule has 6 rings (SSSR count). The van der Waals surface area contributed by atoms with Crippen molar-refractivity contribution in [3.05, 3.63) is 34.5 Å². The first-order chi connectivity index (χ1) is 15.5. The molecule has 1 aromatic carbocycles. The fourth-order valence-electron chi connectivity index (χ4n) is 5.54. The summed E-state index contributed by atoms with van der Waals surface area (Å²) in [6, 6.07) is 2.52. The first kappa shape index (κ1) is 20.5. The zero-order chi connectivity index (χ0) is 21.9. The summed E-state index contributed by atoms with van der Waals surface area (Å²) in [5.41, 5.74) is 5.98. The lowest BCUT2D eigenvalue weighted by Crippen LogP contribution is -2.51. The molecule has 2 unspecified atom stereocenters. The van der Waals surface area contributed by atoms with Crippen molar-refractivity contribution in [3.8, 4) is 5.88 Å². The molecule has 3 heterocycles. The molecule has 2 aromatic rings. The predicted octanol–water partition coefficient (Wildman–Crippen LogP) is 0.993. The van der Waals surface area contributed by atoms with Crippen molar-refractivity contribution < 1.29 is 18.3 Å². The largest absolute Gasteiger partial charge is 0.475 e. The van der Waals surface area contributed by atoms with Gasteiger partial charge in [0.1, 0.15) is 6.61 Å². The van der Waals surface area contributed by atoms with E-state index < -0.39 is 16.4 Å². The van der Waals surface area contributed by atoms with Crippen molar-refractivity contribution >= 4 is 15.7 Å². The highest BCUT2D eigenvalue weighted by Gasteiger charge is 2.34. The van der Waals surface area contributed by atoms with E-state index in [9.17, 15) is 13.5 Å². The molecule has 0 saturated carbocycles. The van der Waals surface area contributed by atoms with E-state index in [0.29, 0.717) is 13.2 Å². The number of ether oxygens (including phenoxy) is 1. The molecule has 9 nitrogen and oxygen atoms in total. The first-order valence-electron chi connectivity index (χ1n) is 11.6. The summed E-state index contributed by atoms with van der Waals surface area (Å²) >= 11 is 0. The van der Waals surface area contributed by atoms with Gasteiger partial charge in [0, 0.05) is 5.69 Å². The van der Waals surface area contributed by atoms with E-state index >= 15 is 0 Å². The fourth-order valence-corrected chi connectivity index (χ4v) is 6.60. The second-order valence-electron chi connectivity index (χ2n) is 9.25. The molecule has 10 heteroatoms. The Morgan fingerprint density at radius 3 is 2.47 bits per heavy atom. The van der Waals surface area contributed by atoms with Crippen molar-refractivity contribution in [1.82, 2.24) is 19.4 Å². The van der Waals surface area contributed by atoms with E-state index in [2.05, 4.69) is 26.1 Å². The van der Waals surface area contributed by atoms with Gasteiger partial charge in [0.2, 0.25) is 5.88 Å². The number of nitrogens with zero attached hydrogens (tertiary/aromatic N) is 3. The lowest BCUT2D eigenvalue weighted by Gasteiger charge is -2.40. The van der Waals surface area contributed by atoms with Gasteiger partial charge in [0.15, 0.2) is 11.2 Å². The van der Waals surface area contributed by atoms with E-state index in [0.717, 1.165) is 57.3 Å². The van der Waals surface area contributed by atoms with Gasteiger partial charge in [-0.3, -0.25) is 4.90 Å². The Balaban J connectivity index is 1.21. The van der Waals surface area contributed by atoms with Gasteiger partial charge < -0.3 is 15.2 Å². The molecule has 2 aliphatic carbocycles. The maximum Gasteiger partial charge on any atom is 0.251 e. The third kappa shape index (κ3) is 3.40. The van der Waals surface area contributed by atoms with Crippen molar-refractivity contribution in [1.29, 1.82) is 0 Å². The monoisotopic (exact) mass is 459 g/mol. The van der Waals surface area contributed by atoms with E-state index in [1.807, 2.05) is 0 Å². The molecule has 4 aliphatic rings. The van der Waals surface area contributed by atoms with E-state index in [-0.39, 0.29) is 16.8 Å². The molecule has 0 amide bonds. The molecule has 0 radical (unpaired) electrons. The van der Waals surface area contributed by atoms with Crippen molar-refractivity contribution in [2.24, 2.45) is 0 Å². The number of aromatic nitrogens is 2. The van der Waals surface area contributed by atoms with Gasteiger partial charge >= 0.3 is 0 Å². The molecule has 32 heavy (non-hydrogen) atoms. The molecule has 172 valence electrons. The number of hydrogen-bond acceptors (Lipinski definition) is 7. The molecule has 0 spiro atoms. The van der Waals surface area contributed by atoms with Crippen molar-refractivity contribution in [2.75, 3.05) is 25.0 Å². The number of benzene rings is 1. The second-order valence-corrected chi connectivity index (χ2v) is 10.9. The van der Waals surface area contributed by atoms with E-state index in [1.165, 1.54) is 34.9 Å². The first-order valence-corrected chi connectivity index (χ1v) is 13.0. The summed E-state index contributed by atoms with van der Waals surface area (Å²) in [4.78, 5) is 2.28. The standard InChI is InChI=1S/C22H29N5O4S/c28-22(24-20-17-6-1-4-14(17)10-15-5-2-7-18(15)20)25-32(29,30)19-11-23-27-12-16(13-31-21(19)27)26-8-3-9-26/h10-11,16,22,24-25,28H,1-9,12-13H2. The van der Waals surface area contributed by atoms with Gasteiger partial charge in [-0.25, -0.2) is 13.1 Å². The van der Waals surface area contributed by atoms with Crippen LogP contribution in [-0.2, 0) is 42.3 Å². The minimum Gasteiger partial charge on any atom is -0.475 e. The summed E-state index contributed by atoms with van der Waals surface area (Å²) in [6.45, 7) is 3.13. The highest BCUT2D eigenvalue weighted by Crippen LogP contribution is 2.39. The number of hydrogen-bond donors (Lipinski definition) is 3. The maximum atomic E-state index is 13.1. The highest BCUT2D eigenvalue weighted by atomic mass is 32.2. The Bertz CT molecular complexity index is 1130. The summed E-state index contributed by atoms with van der Waals surface area (Å²) in [6.07, 6.45) is 7.21. The Kier molecular flexibility index (Phi) is 4.94. The van der Waals surface area contributed by atoms with Gasteiger partial charge in [0.25, 0.3) is 10.0 Å². The van der Waals surface area contributed by atoms with Crippen LogP contribution < -0.4 is 14.8 Å². The maximum absolute atomic E-state index is 13.1. The van der Waals surface area contributed by atoms with Gasteiger partial charge in [-0.15, -0.1) is 0 Å². The predicted molar refractivity (Wildman–Crippen MR) is 118 cm³/mol. The van der Waals surface area contributed by atoms with Gasteiger partial charge in [-0.1, -0.05) is 6.07 Å². The molecular weight excluding hydrogens is 430 g/mol. The molecule has 1 saturated heterocycles. The minimum absolute atomic E-state index is 0.0380. The number of sulfonamides is 1. The second kappa shape index (κ2) is 7.72. The fraction of sp³-hybridized carbons (Fsp3) is 0.591. The Labute approximate surface area is 187 Å². The molecule has 0 bridgehead atoms. The smallest absolute Gasteiger partial charge is 0.251 e. The number of aryl methyl sites for hydroxylation is 2. The van der Waals surface area contributed by atoms with Crippen LogP contribution in [0.25, 0.3) is 0 Å². The Morgan fingerprint density at radius 1 is 1.09 bits per heavy atom. The van der Waals surface area contributed by atoms with Crippen LogP contribution in [0.2, 0.25) is 0 Å². The zero-order valence-electron chi connectivity index (χ0n) is 18.0. The number of nitrogens with one attached hydrogen (secondary N) is 2. The SMILES string of the molecule is O=S(=O)(NC(O)Nc1c2c(cc3c1CCC3)CCC2)c1cnn2c1OCC(N1CCC1)C2. The average Bonchev–Trinajstić information content (AvgIpc) is 3.44. The molecule has 1 fully saturated rings. The van der Waals surface area contributed by atoms with E-state index in [1.54, 1.807) is 4.68 Å². The third-order valence-corrected chi connectivity index (χ3v) is 8.67. The number of fused-ring (bicyclic) bond motifs is 3. The van der Waals surface area contributed by atoms with Gasteiger partial charge in [-0.05, 0) is 80.3 Å². The normalized spacial score (nSPS) is 23.1. The highest BCUT2D eigenvalue weighted by molar-refractivity contribution is 7.89. The number of aliphatic hydroxyl groups is 1. The quantitative estimate of drug-likeness (QED) is 0.553. The van der Waals surface area contributed by atoms with Crippen LogP contribution in [-0.4, -0.2) is 60.3 Å². The number of anilines is 1. The summed E-state index contributed by atoms with van der Waals surface area (Å²) in [7, 11) is -4.02.